The van der Waals surface area contributed by atoms with Crippen LogP contribution in [0.1, 0.15) is 43.6 Å². The van der Waals surface area contributed by atoms with E-state index in [4.69, 9.17) is 4.74 Å². The van der Waals surface area contributed by atoms with Gasteiger partial charge >= 0.3 is 5.97 Å². The summed E-state index contributed by atoms with van der Waals surface area (Å²) in [7, 11) is 0. The van der Waals surface area contributed by atoms with Gasteiger partial charge in [0.1, 0.15) is 11.4 Å². The van der Waals surface area contributed by atoms with E-state index < -0.39 is 17.4 Å². The lowest BCUT2D eigenvalue weighted by molar-refractivity contribution is -0.148. The minimum Gasteiger partial charge on any atom is -0.457 e. The summed E-state index contributed by atoms with van der Waals surface area (Å²) in [4.78, 5) is 22.7. The summed E-state index contributed by atoms with van der Waals surface area (Å²) in [6.07, 6.45) is 2.45. The second-order valence-electron chi connectivity index (χ2n) is 5.16. The summed E-state index contributed by atoms with van der Waals surface area (Å²) < 4.78 is 18.6. The Bertz CT molecular complexity index is 525. The van der Waals surface area contributed by atoms with Crippen LogP contribution in [0.4, 0.5) is 4.39 Å². The molecule has 0 spiro atoms. The first-order chi connectivity index (χ1) is 8.69. The van der Waals surface area contributed by atoms with Gasteiger partial charge in [0.25, 0.3) is 0 Å². The van der Waals surface area contributed by atoms with Gasteiger partial charge in [-0.1, -0.05) is 0 Å². The zero-order valence-electron chi connectivity index (χ0n) is 11.5. The molecule has 0 aliphatic rings. The molecule has 0 radical (unpaired) electrons. The van der Waals surface area contributed by atoms with Gasteiger partial charge < -0.3 is 4.74 Å². The number of carbonyl (C=O) groups excluding carboxylic acids is 2. The molecular formula is C15H17FO3. The third-order valence-electron chi connectivity index (χ3n) is 2.21. The summed E-state index contributed by atoms with van der Waals surface area (Å²) in [5.41, 5.74) is -0.0231. The van der Waals surface area contributed by atoms with Crippen LogP contribution in [-0.2, 0) is 9.53 Å². The highest BCUT2D eigenvalue weighted by molar-refractivity contribution is 5.95. The summed E-state index contributed by atoms with van der Waals surface area (Å²) in [6, 6.07) is 4.01. The lowest BCUT2D eigenvalue weighted by atomic mass is 10.1. The SMILES string of the molecule is CC(=O)c1ccc(F)c(/C=C/C(=O)OC(C)(C)C)c1. The lowest BCUT2D eigenvalue weighted by Crippen LogP contribution is -2.22. The zero-order valence-corrected chi connectivity index (χ0v) is 11.5. The van der Waals surface area contributed by atoms with Gasteiger partial charge in [0.2, 0.25) is 0 Å². The number of Topliss-reactive ketones (excluding diaryl/α,β-unsaturated/α-hetero) is 1. The number of rotatable bonds is 3. The second-order valence-corrected chi connectivity index (χ2v) is 5.16. The fraction of sp³-hybridized carbons (Fsp3) is 0.333. The highest BCUT2D eigenvalue weighted by Gasteiger charge is 2.14. The van der Waals surface area contributed by atoms with E-state index in [1.54, 1.807) is 20.8 Å². The van der Waals surface area contributed by atoms with Gasteiger partial charge in [0, 0.05) is 17.2 Å². The molecule has 0 bridgehead atoms. The van der Waals surface area contributed by atoms with E-state index in [0.29, 0.717) is 5.56 Å². The highest BCUT2D eigenvalue weighted by atomic mass is 19.1. The molecule has 1 aromatic rings. The van der Waals surface area contributed by atoms with Crippen molar-refractivity contribution in [2.24, 2.45) is 0 Å². The average molecular weight is 264 g/mol. The number of ether oxygens (including phenoxy) is 1. The third-order valence-corrected chi connectivity index (χ3v) is 2.21. The van der Waals surface area contributed by atoms with Crippen molar-refractivity contribution in [3.8, 4) is 0 Å². The Morgan fingerprint density at radius 1 is 1.26 bits per heavy atom. The minimum absolute atomic E-state index is 0.160. The van der Waals surface area contributed by atoms with Crippen molar-refractivity contribution in [3.63, 3.8) is 0 Å². The molecule has 0 saturated heterocycles. The topological polar surface area (TPSA) is 43.4 Å². The van der Waals surface area contributed by atoms with Gasteiger partial charge in [-0.25, -0.2) is 9.18 Å². The largest absolute Gasteiger partial charge is 0.457 e. The Hall–Kier alpha value is -1.97. The van der Waals surface area contributed by atoms with Crippen molar-refractivity contribution in [1.29, 1.82) is 0 Å². The van der Waals surface area contributed by atoms with Crippen LogP contribution in [0.3, 0.4) is 0 Å². The maximum atomic E-state index is 13.5. The number of hydrogen-bond acceptors (Lipinski definition) is 3. The summed E-state index contributed by atoms with van der Waals surface area (Å²) in [6.45, 7) is 6.63. The van der Waals surface area contributed by atoms with Crippen LogP contribution in [0, 0.1) is 5.82 Å². The minimum atomic E-state index is -0.596. The average Bonchev–Trinajstić information content (AvgIpc) is 2.25. The number of carbonyl (C=O) groups is 2. The maximum absolute atomic E-state index is 13.5. The van der Waals surface area contributed by atoms with Crippen LogP contribution in [0.2, 0.25) is 0 Å². The van der Waals surface area contributed by atoms with Crippen molar-refractivity contribution in [2.75, 3.05) is 0 Å². The van der Waals surface area contributed by atoms with Crippen molar-refractivity contribution in [3.05, 3.63) is 41.2 Å². The molecule has 0 unspecified atom stereocenters. The number of esters is 1. The quantitative estimate of drug-likeness (QED) is 0.477. The van der Waals surface area contributed by atoms with Gasteiger partial charge in [-0.3, -0.25) is 4.79 Å². The first-order valence-corrected chi connectivity index (χ1v) is 5.90. The van der Waals surface area contributed by atoms with Crippen molar-refractivity contribution in [1.82, 2.24) is 0 Å². The Kier molecular flexibility index (Phi) is 4.59. The van der Waals surface area contributed by atoms with E-state index >= 15 is 0 Å². The predicted molar refractivity (Wildman–Crippen MR) is 71.3 cm³/mol. The molecule has 1 rings (SSSR count). The lowest BCUT2D eigenvalue weighted by Gasteiger charge is -2.17. The smallest absolute Gasteiger partial charge is 0.331 e. The number of halogens is 1. The molecule has 102 valence electrons. The molecule has 1 aromatic carbocycles. The normalized spacial score (nSPS) is 11.6. The maximum Gasteiger partial charge on any atom is 0.331 e. The van der Waals surface area contributed by atoms with E-state index in [1.165, 1.54) is 31.2 Å². The van der Waals surface area contributed by atoms with Crippen LogP contribution in [0.5, 0.6) is 0 Å². The van der Waals surface area contributed by atoms with Crippen molar-refractivity contribution >= 4 is 17.8 Å². The number of ketones is 1. The van der Waals surface area contributed by atoms with Gasteiger partial charge in [0.05, 0.1) is 0 Å². The third kappa shape index (κ3) is 5.04. The summed E-state index contributed by atoms with van der Waals surface area (Å²) in [5.74, 6) is -1.21. The Balaban J connectivity index is 2.90. The van der Waals surface area contributed by atoms with Crippen LogP contribution in [0.15, 0.2) is 24.3 Å². The molecule has 0 heterocycles. The molecule has 0 amide bonds. The van der Waals surface area contributed by atoms with E-state index in [2.05, 4.69) is 0 Å². The molecule has 4 heteroatoms. The predicted octanol–water partition coefficient (Wildman–Crippen LogP) is 3.38. The van der Waals surface area contributed by atoms with E-state index in [1.807, 2.05) is 0 Å². The molecule has 0 fully saturated rings. The monoisotopic (exact) mass is 264 g/mol. The zero-order chi connectivity index (χ0) is 14.6. The van der Waals surface area contributed by atoms with Crippen LogP contribution >= 0.6 is 0 Å². The second kappa shape index (κ2) is 5.78. The van der Waals surface area contributed by atoms with Gasteiger partial charge in [-0.15, -0.1) is 0 Å². The highest BCUT2D eigenvalue weighted by Crippen LogP contribution is 2.14. The van der Waals surface area contributed by atoms with Crippen LogP contribution < -0.4 is 0 Å². The number of hydrogen-bond donors (Lipinski definition) is 0. The van der Waals surface area contributed by atoms with Crippen molar-refractivity contribution in [2.45, 2.75) is 33.3 Å². The first kappa shape index (κ1) is 15.1. The summed E-state index contributed by atoms with van der Waals surface area (Å²) >= 11 is 0. The fourth-order valence-corrected chi connectivity index (χ4v) is 1.38. The van der Waals surface area contributed by atoms with Gasteiger partial charge in [-0.05, 0) is 52.0 Å². The molecule has 0 atom stereocenters. The van der Waals surface area contributed by atoms with E-state index in [9.17, 15) is 14.0 Å². The Morgan fingerprint density at radius 2 is 1.89 bits per heavy atom. The van der Waals surface area contributed by atoms with E-state index in [-0.39, 0.29) is 11.3 Å². The number of benzene rings is 1. The standard InChI is InChI=1S/C15H17FO3/c1-10(17)11-5-7-13(16)12(9-11)6-8-14(18)19-15(2,3)4/h5-9H,1-4H3/b8-6+. The summed E-state index contributed by atoms with van der Waals surface area (Å²) in [5, 5.41) is 0. The van der Waals surface area contributed by atoms with Crippen LogP contribution in [-0.4, -0.2) is 17.4 Å². The molecule has 19 heavy (non-hydrogen) atoms. The van der Waals surface area contributed by atoms with Gasteiger partial charge in [-0.2, -0.15) is 0 Å². The molecule has 3 nitrogen and oxygen atoms in total. The molecule has 0 saturated carbocycles. The Labute approximate surface area is 112 Å². The first-order valence-electron chi connectivity index (χ1n) is 5.90. The molecular weight excluding hydrogens is 247 g/mol. The van der Waals surface area contributed by atoms with Crippen molar-refractivity contribution < 1.29 is 18.7 Å². The fourth-order valence-electron chi connectivity index (χ4n) is 1.38. The molecule has 0 aromatic heterocycles. The molecule has 0 aliphatic carbocycles. The van der Waals surface area contributed by atoms with Crippen LogP contribution in [0.25, 0.3) is 6.08 Å². The molecule has 0 N–H and O–H groups in total. The van der Waals surface area contributed by atoms with Gasteiger partial charge in [0.15, 0.2) is 5.78 Å². The Morgan fingerprint density at radius 3 is 2.42 bits per heavy atom. The van der Waals surface area contributed by atoms with E-state index in [0.717, 1.165) is 6.08 Å². The molecule has 0 aliphatic heterocycles.